The minimum Gasteiger partial charge on any atom is -0.468 e. The van der Waals surface area contributed by atoms with Crippen LogP contribution in [0.15, 0.2) is 91.0 Å². The summed E-state index contributed by atoms with van der Waals surface area (Å²) in [5.74, 6) is -0.900. The van der Waals surface area contributed by atoms with Gasteiger partial charge in [-0.05, 0) is 27.8 Å². The molecule has 0 bridgehead atoms. The zero-order valence-corrected chi connectivity index (χ0v) is 19.9. The zero-order chi connectivity index (χ0) is 24.3. The minimum absolute atomic E-state index is 0.420. The monoisotopic (exact) mass is 455 g/mol. The summed E-state index contributed by atoms with van der Waals surface area (Å²) in [6.07, 6.45) is 3.04. The van der Waals surface area contributed by atoms with Crippen molar-refractivity contribution < 1.29 is 19.1 Å². The predicted octanol–water partition coefficient (Wildman–Crippen LogP) is 4.85. The number of hydrogen-bond acceptors (Lipinski definition) is 5. The highest BCUT2D eigenvalue weighted by Gasteiger charge is 2.49. The van der Waals surface area contributed by atoms with E-state index in [-0.39, 0.29) is 0 Å². The molecule has 1 atom stereocenters. The van der Waals surface area contributed by atoms with Gasteiger partial charge in [0, 0.05) is 11.5 Å². The lowest BCUT2D eigenvalue weighted by atomic mass is 9.76. The van der Waals surface area contributed by atoms with Crippen LogP contribution in [0.3, 0.4) is 0 Å². The Morgan fingerprint density at radius 3 is 1.88 bits per heavy atom. The van der Waals surface area contributed by atoms with E-state index in [9.17, 15) is 9.59 Å². The molecule has 0 saturated carbocycles. The second kappa shape index (κ2) is 9.27. The number of ether oxygens (including phenoxy) is 2. The molecule has 0 spiro atoms. The van der Waals surface area contributed by atoms with Crippen molar-refractivity contribution in [3.63, 3.8) is 0 Å². The van der Waals surface area contributed by atoms with Crippen LogP contribution in [0.1, 0.15) is 30.5 Å². The summed E-state index contributed by atoms with van der Waals surface area (Å²) < 4.78 is 10.0. The van der Waals surface area contributed by atoms with Crippen LogP contribution in [0, 0.1) is 5.41 Å². The van der Waals surface area contributed by atoms with Crippen molar-refractivity contribution in [1.82, 2.24) is 5.32 Å². The van der Waals surface area contributed by atoms with Crippen LogP contribution in [-0.4, -0.2) is 32.2 Å². The van der Waals surface area contributed by atoms with Gasteiger partial charge in [0.15, 0.2) is 0 Å². The standard InChI is InChI=1S/C29H29NO4/c1-28(2,19-18-25(31)33-3)26(27(32)34-4)30-29(20-12-6-5-7-13-20)23-16-10-8-14-21(23)22-15-9-11-17-24(22)29/h5-19,26,30H,1-4H3/b19-18+/t26-/m0/s1. The molecule has 0 aromatic heterocycles. The van der Waals surface area contributed by atoms with Crippen molar-refractivity contribution >= 4 is 11.9 Å². The fourth-order valence-corrected chi connectivity index (χ4v) is 4.80. The van der Waals surface area contributed by atoms with Crippen LogP contribution in [0.5, 0.6) is 0 Å². The van der Waals surface area contributed by atoms with E-state index in [1.807, 2.05) is 56.3 Å². The Kier molecular flexibility index (Phi) is 6.40. The van der Waals surface area contributed by atoms with Crippen LogP contribution in [0.2, 0.25) is 0 Å². The molecule has 3 aromatic rings. The van der Waals surface area contributed by atoms with Crippen molar-refractivity contribution in [1.29, 1.82) is 0 Å². The molecule has 1 N–H and O–H groups in total. The molecule has 4 rings (SSSR count). The smallest absolute Gasteiger partial charge is 0.330 e. The second-order valence-electron chi connectivity index (χ2n) is 8.99. The van der Waals surface area contributed by atoms with E-state index in [0.717, 1.165) is 27.8 Å². The third kappa shape index (κ3) is 3.93. The minimum atomic E-state index is -0.802. The number of benzene rings is 3. The summed E-state index contributed by atoms with van der Waals surface area (Å²) in [6.45, 7) is 3.79. The summed E-state index contributed by atoms with van der Waals surface area (Å²) in [4.78, 5) is 25.1. The highest BCUT2D eigenvalue weighted by Crippen LogP contribution is 2.51. The molecule has 1 aliphatic carbocycles. The van der Waals surface area contributed by atoms with E-state index in [1.54, 1.807) is 6.08 Å². The molecule has 0 saturated heterocycles. The highest BCUT2D eigenvalue weighted by atomic mass is 16.5. The van der Waals surface area contributed by atoms with E-state index in [4.69, 9.17) is 9.47 Å². The molecule has 1 aliphatic rings. The number of rotatable bonds is 7. The van der Waals surface area contributed by atoms with Crippen molar-refractivity contribution in [3.05, 3.63) is 108 Å². The number of esters is 2. The largest absolute Gasteiger partial charge is 0.468 e. The van der Waals surface area contributed by atoms with Crippen molar-refractivity contribution in [2.45, 2.75) is 25.4 Å². The van der Waals surface area contributed by atoms with Gasteiger partial charge in [0.05, 0.1) is 19.8 Å². The zero-order valence-electron chi connectivity index (χ0n) is 19.9. The van der Waals surface area contributed by atoms with Crippen LogP contribution in [0.25, 0.3) is 11.1 Å². The first-order valence-corrected chi connectivity index (χ1v) is 11.2. The highest BCUT2D eigenvalue weighted by molar-refractivity contribution is 5.85. The fraction of sp³-hybridized carbons (Fsp3) is 0.241. The lowest BCUT2D eigenvalue weighted by molar-refractivity contribution is -0.146. The predicted molar refractivity (Wildman–Crippen MR) is 132 cm³/mol. The molecule has 5 nitrogen and oxygen atoms in total. The quantitative estimate of drug-likeness (QED) is 0.408. The second-order valence-corrected chi connectivity index (χ2v) is 8.99. The van der Waals surface area contributed by atoms with E-state index >= 15 is 0 Å². The van der Waals surface area contributed by atoms with Gasteiger partial charge in [0.2, 0.25) is 0 Å². The van der Waals surface area contributed by atoms with Gasteiger partial charge in [-0.3, -0.25) is 10.1 Å². The number of carbonyl (C=O) groups is 2. The van der Waals surface area contributed by atoms with E-state index in [0.29, 0.717) is 0 Å². The number of methoxy groups -OCH3 is 2. The SMILES string of the molecule is COC(=O)/C=C/C(C)(C)[C@@H](NC1(c2ccccc2)c2ccccc2-c2ccccc21)C(=O)OC. The molecule has 0 aliphatic heterocycles. The van der Waals surface area contributed by atoms with Crippen LogP contribution >= 0.6 is 0 Å². The third-order valence-corrected chi connectivity index (χ3v) is 6.55. The van der Waals surface area contributed by atoms with Gasteiger partial charge in [-0.2, -0.15) is 0 Å². The fourth-order valence-electron chi connectivity index (χ4n) is 4.80. The first kappa shape index (κ1) is 23.5. The van der Waals surface area contributed by atoms with E-state index < -0.39 is 28.9 Å². The Morgan fingerprint density at radius 2 is 1.35 bits per heavy atom. The van der Waals surface area contributed by atoms with Gasteiger partial charge in [0.25, 0.3) is 0 Å². The average Bonchev–Trinajstić information content (AvgIpc) is 3.16. The molecule has 34 heavy (non-hydrogen) atoms. The topological polar surface area (TPSA) is 64.6 Å². The molecular formula is C29H29NO4. The Morgan fingerprint density at radius 1 is 0.824 bits per heavy atom. The van der Waals surface area contributed by atoms with Gasteiger partial charge in [-0.25, -0.2) is 4.79 Å². The molecule has 174 valence electrons. The average molecular weight is 456 g/mol. The summed E-state index contributed by atoms with van der Waals surface area (Å²) in [7, 11) is 2.70. The van der Waals surface area contributed by atoms with Gasteiger partial charge >= 0.3 is 11.9 Å². The van der Waals surface area contributed by atoms with Crippen molar-refractivity contribution in [2.75, 3.05) is 14.2 Å². The Bertz CT molecular complexity index is 1180. The first-order valence-electron chi connectivity index (χ1n) is 11.2. The number of fused-ring (bicyclic) bond motifs is 3. The third-order valence-electron chi connectivity index (χ3n) is 6.55. The Hall–Kier alpha value is -3.70. The molecule has 3 aromatic carbocycles. The maximum Gasteiger partial charge on any atom is 0.330 e. The number of carbonyl (C=O) groups excluding carboxylic acids is 2. The first-order chi connectivity index (χ1) is 16.3. The Balaban J connectivity index is 1.96. The van der Waals surface area contributed by atoms with Gasteiger partial charge in [0.1, 0.15) is 6.04 Å². The normalized spacial score (nSPS) is 14.8. The lowest BCUT2D eigenvalue weighted by Gasteiger charge is -2.41. The van der Waals surface area contributed by atoms with Crippen molar-refractivity contribution in [3.8, 4) is 11.1 Å². The molecule has 0 radical (unpaired) electrons. The summed E-state index contributed by atoms with van der Waals surface area (Å²) >= 11 is 0. The molecule has 0 heterocycles. The van der Waals surface area contributed by atoms with Crippen LogP contribution in [-0.2, 0) is 24.6 Å². The maximum atomic E-state index is 13.2. The molecule has 0 amide bonds. The summed E-state index contributed by atoms with van der Waals surface area (Å²) in [5.41, 5.74) is 3.77. The van der Waals surface area contributed by atoms with Gasteiger partial charge in [-0.15, -0.1) is 0 Å². The number of hydrogen-bond donors (Lipinski definition) is 1. The van der Waals surface area contributed by atoms with E-state index in [1.165, 1.54) is 20.3 Å². The van der Waals surface area contributed by atoms with Gasteiger partial charge in [-0.1, -0.05) is 98.8 Å². The van der Waals surface area contributed by atoms with Crippen molar-refractivity contribution in [2.24, 2.45) is 5.41 Å². The van der Waals surface area contributed by atoms with Crippen LogP contribution in [0.4, 0.5) is 0 Å². The Labute approximate surface area is 200 Å². The maximum absolute atomic E-state index is 13.2. The molecule has 0 fully saturated rings. The van der Waals surface area contributed by atoms with Gasteiger partial charge < -0.3 is 9.47 Å². The summed E-state index contributed by atoms with van der Waals surface area (Å²) in [6, 6.07) is 25.8. The van der Waals surface area contributed by atoms with E-state index in [2.05, 4.69) is 41.7 Å². The molecule has 5 heteroatoms. The lowest BCUT2D eigenvalue weighted by Crippen LogP contribution is -2.57. The van der Waals surface area contributed by atoms with Crippen LogP contribution < -0.4 is 5.32 Å². The molecular weight excluding hydrogens is 426 g/mol. The number of nitrogens with one attached hydrogen (secondary N) is 1. The summed E-state index contributed by atoms with van der Waals surface area (Å²) in [5, 5.41) is 3.71. The molecule has 0 unspecified atom stereocenters.